The van der Waals surface area contributed by atoms with Crippen LogP contribution in [0.15, 0.2) is 12.4 Å². The molecule has 24 heavy (non-hydrogen) atoms. The number of fused-ring (bicyclic) bond motifs is 3. The summed E-state index contributed by atoms with van der Waals surface area (Å²) in [6, 6.07) is 1.57. The minimum absolute atomic E-state index is 0.136. The quantitative estimate of drug-likeness (QED) is 0.874. The van der Waals surface area contributed by atoms with Crippen LogP contribution in [0, 0.1) is 17.2 Å². The van der Waals surface area contributed by atoms with Crippen molar-refractivity contribution in [2.24, 2.45) is 18.4 Å². The Kier molecular flexibility index (Phi) is 3.35. The maximum absolute atomic E-state index is 14.8. The Bertz CT molecular complexity index is 805. The van der Waals surface area contributed by atoms with Crippen LogP contribution in [0.5, 0.6) is 0 Å². The molecular weight excluding hydrogens is 305 g/mol. The standard InChI is InChI=1S/C19H26FN3O/c1-18(2)10-13-14(20)9-15-17(21-11-23(15)4)16(13)19(18,24)12-5-7-22(3)8-6-12/h9,11-12,24H,5-8,10H2,1-4H3. The van der Waals surface area contributed by atoms with Crippen LogP contribution in [0.3, 0.4) is 0 Å². The summed E-state index contributed by atoms with van der Waals surface area (Å²) in [6.07, 6.45) is 4.13. The monoisotopic (exact) mass is 331 g/mol. The van der Waals surface area contributed by atoms with E-state index in [-0.39, 0.29) is 11.7 Å². The van der Waals surface area contributed by atoms with Crippen LogP contribution in [-0.4, -0.2) is 39.7 Å². The molecule has 1 atom stereocenters. The number of aliphatic hydroxyl groups is 1. The molecule has 1 unspecified atom stereocenters. The molecule has 2 aromatic rings. The molecule has 5 heteroatoms. The summed E-state index contributed by atoms with van der Waals surface area (Å²) in [5.41, 5.74) is 1.50. The number of rotatable bonds is 1. The molecule has 1 aromatic carbocycles. The van der Waals surface area contributed by atoms with E-state index in [0.717, 1.165) is 42.5 Å². The van der Waals surface area contributed by atoms with Crippen molar-refractivity contribution in [2.75, 3.05) is 20.1 Å². The van der Waals surface area contributed by atoms with E-state index in [1.54, 1.807) is 12.4 Å². The molecule has 130 valence electrons. The number of aryl methyl sites for hydroxylation is 1. The van der Waals surface area contributed by atoms with Gasteiger partial charge >= 0.3 is 0 Å². The Balaban J connectivity index is 1.96. The third-order valence-corrected chi connectivity index (χ3v) is 6.41. The van der Waals surface area contributed by atoms with Gasteiger partial charge in [0.1, 0.15) is 11.4 Å². The number of piperidine rings is 1. The van der Waals surface area contributed by atoms with E-state index in [2.05, 4.69) is 30.8 Å². The van der Waals surface area contributed by atoms with Crippen LogP contribution in [0.1, 0.15) is 37.8 Å². The Morgan fingerprint density at radius 3 is 2.58 bits per heavy atom. The van der Waals surface area contributed by atoms with Crippen molar-refractivity contribution in [2.45, 2.75) is 38.7 Å². The molecule has 1 saturated heterocycles. The third-order valence-electron chi connectivity index (χ3n) is 6.41. The first kappa shape index (κ1) is 16.0. The van der Waals surface area contributed by atoms with Gasteiger partial charge in [0.05, 0.1) is 17.4 Å². The third kappa shape index (κ3) is 1.94. The lowest BCUT2D eigenvalue weighted by molar-refractivity contribution is -0.120. The molecule has 1 aliphatic heterocycles. The van der Waals surface area contributed by atoms with E-state index in [1.165, 1.54) is 0 Å². The highest BCUT2D eigenvalue weighted by Gasteiger charge is 2.57. The van der Waals surface area contributed by atoms with E-state index in [9.17, 15) is 9.50 Å². The number of imidazole rings is 1. The van der Waals surface area contributed by atoms with Crippen molar-refractivity contribution in [3.63, 3.8) is 0 Å². The molecule has 1 N–H and O–H groups in total. The molecule has 0 bridgehead atoms. The zero-order valence-electron chi connectivity index (χ0n) is 14.9. The zero-order chi connectivity index (χ0) is 17.3. The fourth-order valence-electron chi connectivity index (χ4n) is 4.95. The fourth-order valence-corrected chi connectivity index (χ4v) is 4.95. The van der Waals surface area contributed by atoms with Gasteiger partial charge in [-0.15, -0.1) is 0 Å². The minimum Gasteiger partial charge on any atom is -0.384 e. The Morgan fingerprint density at radius 2 is 1.92 bits per heavy atom. The SMILES string of the molecule is CN1CCC(C2(O)c3c(c(F)cc4c3ncn4C)CC2(C)C)CC1. The Morgan fingerprint density at radius 1 is 1.25 bits per heavy atom. The minimum atomic E-state index is -1.03. The lowest BCUT2D eigenvalue weighted by Gasteiger charge is -2.46. The number of benzene rings is 1. The van der Waals surface area contributed by atoms with Gasteiger partial charge in [0.2, 0.25) is 0 Å². The number of hydrogen-bond acceptors (Lipinski definition) is 3. The summed E-state index contributed by atoms with van der Waals surface area (Å²) in [5.74, 6) is -0.0741. The van der Waals surface area contributed by atoms with Crippen LogP contribution in [0.25, 0.3) is 11.0 Å². The summed E-state index contributed by atoms with van der Waals surface area (Å²) in [7, 11) is 3.99. The van der Waals surface area contributed by atoms with Gasteiger partial charge in [0.15, 0.2) is 0 Å². The van der Waals surface area contributed by atoms with Crippen LogP contribution < -0.4 is 0 Å². The smallest absolute Gasteiger partial charge is 0.129 e. The van der Waals surface area contributed by atoms with Crippen LogP contribution >= 0.6 is 0 Å². The van der Waals surface area contributed by atoms with Crippen molar-refractivity contribution >= 4 is 11.0 Å². The molecule has 0 spiro atoms. The molecular formula is C19H26FN3O. The Labute approximate surface area is 142 Å². The fraction of sp³-hybridized carbons (Fsp3) is 0.632. The molecule has 0 saturated carbocycles. The predicted molar refractivity (Wildman–Crippen MR) is 92.3 cm³/mol. The number of hydrogen-bond donors (Lipinski definition) is 1. The second kappa shape index (κ2) is 5.02. The van der Waals surface area contributed by atoms with Gasteiger partial charge in [-0.2, -0.15) is 0 Å². The largest absolute Gasteiger partial charge is 0.384 e. The number of likely N-dealkylation sites (tertiary alicyclic amines) is 1. The van der Waals surface area contributed by atoms with Crippen molar-refractivity contribution < 1.29 is 9.50 Å². The highest BCUT2D eigenvalue weighted by molar-refractivity contribution is 5.83. The number of halogens is 1. The van der Waals surface area contributed by atoms with Crippen molar-refractivity contribution in [1.29, 1.82) is 0 Å². The van der Waals surface area contributed by atoms with E-state index in [4.69, 9.17) is 0 Å². The van der Waals surface area contributed by atoms with Gasteiger partial charge in [-0.25, -0.2) is 9.37 Å². The average Bonchev–Trinajstić information content (AvgIpc) is 2.98. The maximum Gasteiger partial charge on any atom is 0.129 e. The van der Waals surface area contributed by atoms with Gasteiger partial charge in [-0.05, 0) is 50.9 Å². The van der Waals surface area contributed by atoms with E-state index < -0.39 is 11.0 Å². The first-order valence-corrected chi connectivity index (χ1v) is 8.79. The van der Waals surface area contributed by atoms with E-state index in [0.29, 0.717) is 12.0 Å². The highest BCUT2D eigenvalue weighted by Crippen LogP contribution is 2.58. The van der Waals surface area contributed by atoms with Crippen molar-refractivity contribution in [3.05, 3.63) is 29.3 Å². The molecule has 0 amide bonds. The molecule has 2 aliphatic rings. The topological polar surface area (TPSA) is 41.3 Å². The van der Waals surface area contributed by atoms with Crippen molar-refractivity contribution in [3.8, 4) is 0 Å². The number of aromatic nitrogens is 2. The summed E-state index contributed by atoms with van der Waals surface area (Å²) in [6.45, 7) is 6.08. The molecule has 1 fully saturated rings. The van der Waals surface area contributed by atoms with Crippen LogP contribution in [0.4, 0.5) is 4.39 Å². The van der Waals surface area contributed by atoms with Gasteiger partial charge in [-0.3, -0.25) is 0 Å². The second-order valence-corrected chi connectivity index (χ2v) is 8.34. The van der Waals surface area contributed by atoms with Crippen LogP contribution in [0.2, 0.25) is 0 Å². The summed E-state index contributed by atoms with van der Waals surface area (Å²) >= 11 is 0. The second-order valence-electron chi connectivity index (χ2n) is 8.34. The summed E-state index contributed by atoms with van der Waals surface area (Å²) in [4.78, 5) is 6.82. The first-order chi connectivity index (χ1) is 11.3. The van der Waals surface area contributed by atoms with Gasteiger partial charge in [0.25, 0.3) is 0 Å². The molecule has 1 aliphatic carbocycles. The lowest BCUT2D eigenvalue weighted by atomic mass is 9.65. The lowest BCUT2D eigenvalue weighted by Crippen LogP contribution is -2.49. The number of nitrogens with zero attached hydrogens (tertiary/aromatic N) is 3. The average molecular weight is 331 g/mol. The molecule has 1 aromatic heterocycles. The first-order valence-electron chi connectivity index (χ1n) is 8.79. The molecule has 0 radical (unpaired) electrons. The summed E-state index contributed by atoms with van der Waals surface area (Å²) < 4.78 is 16.7. The normalized spacial score (nSPS) is 27.8. The Hall–Kier alpha value is -1.46. The maximum atomic E-state index is 14.8. The molecule has 4 nitrogen and oxygen atoms in total. The van der Waals surface area contributed by atoms with Gasteiger partial charge in [-0.1, -0.05) is 13.8 Å². The predicted octanol–water partition coefficient (Wildman–Crippen LogP) is 2.82. The van der Waals surface area contributed by atoms with Gasteiger partial charge in [0, 0.05) is 24.1 Å². The van der Waals surface area contributed by atoms with Crippen molar-refractivity contribution in [1.82, 2.24) is 14.5 Å². The molecule has 4 rings (SSSR count). The molecule has 2 heterocycles. The van der Waals surface area contributed by atoms with Crippen LogP contribution in [-0.2, 0) is 19.1 Å². The van der Waals surface area contributed by atoms with E-state index in [1.807, 2.05) is 11.6 Å². The van der Waals surface area contributed by atoms with E-state index >= 15 is 0 Å². The highest BCUT2D eigenvalue weighted by atomic mass is 19.1. The summed E-state index contributed by atoms with van der Waals surface area (Å²) in [5, 5.41) is 12.0. The zero-order valence-corrected chi connectivity index (χ0v) is 14.9. The van der Waals surface area contributed by atoms with Gasteiger partial charge < -0.3 is 14.6 Å².